The number of nitrogens with one attached hydrogen (secondary N) is 2. The van der Waals surface area contributed by atoms with Crippen molar-refractivity contribution in [3.8, 4) is 0 Å². The fourth-order valence-corrected chi connectivity index (χ4v) is 4.08. The van der Waals surface area contributed by atoms with Crippen molar-refractivity contribution in [1.82, 2.24) is 15.3 Å². The van der Waals surface area contributed by atoms with Crippen molar-refractivity contribution in [2.24, 2.45) is 0 Å². The Morgan fingerprint density at radius 1 is 1.38 bits per heavy atom. The molecule has 0 saturated carbocycles. The lowest BCUT2D eigenvalue weighted by Crippen LogP contribution is -2.49. The van der Waals surface area contributed by atoms with Gasteiger partial charge in [-0.15, -0.1) is 11.3 Å². The molecule has 156 valence electrons. The molecular weight excluding hydrogens is 458 g/mol. The van der Waals surface area contributed by atoms with Crippen LogP contribution in [0.3, 0.4) is 0 Å². The first-order valence-electron chi connectivity index (χ1n) is 9.32. The zero-order valence-electron chi connectivity index (χ0n) is 16.6. The molecule has 8 nitrogen and oxygen atoms in total. The topological polar surface area (TPSA) is 96.5 Å². The molecule has 1 atom stereocenters. The fraction of sp³-hybridized carbons (Fsp3) is 0.474. The van der Waals surface area contributed by atoms with Crippen LogP contribution in [0.5, 0.6) is 0 Å². The molecule has 29 heavy (non-hydrogen) atoms. The average molecular weight is 482 g/mol. The molecule has 1 saturated heterocycles. The molecule has 10 heteroatoms. The van der Waals surface area contributed by atoms with E-state index >= 15 is 0 Å². The van der Waals surface area contributed by atoms with Gasteiger partial charge in [-0.3, -0.25) is 9.78 Å². The summed E-state index contributed by atoms with van der Waals surface area (Å²) in [6, 6.07) is 1.83. The molecule has 3 rings (SSSR count). The number of anilines is 2. The van der Waals surface area contributed by atoms with Crippen molar-refractivity contribution in [1.29, 1.82) is 0 Å². The number of thiazole rings is 1. The van der Waals surface area contributed by atoms with E-state index in [0.717, 1.165) is 25.1 Å². The lowest BCUT2D eigenvalue weighted by atomic mass is 10.0. The van der Waals surface area contributed by atoms with Gasteiger partial charge in [-0.25, -0.2) is 9.78 Å². The highest BCUT2D eigenvalue weighted by atomic mass is 79.9. The minimum absolute atomic E-state index is 0.0372. The first kappa shape index (κ1) is 21.5. The SMILES string of the molecule is CC(C)(C)OC(=O)NC1CCCN(c2ccncc2NC(=O)c2csc(Br)n2)C1. The summed E-state index contributed by atoms with van der Waals surface area (Å²) in [5, 5.41) is 7.53. The molecule has 1 fully saturated rings. The van der Waals surface area contributed by atoms with E-state index < -0.39 is 11.7 Å². The smallest absolute Gasteiger partial charge is 0.407 e. The van der Waals surface area contributed by atoms with Crippen LogP contribution in [0.1, 0.15) is 44.1 Å². The number of carbonyl (C=O) groups is 2. The molecule has 0 aliphatic carbocycles. The van der Waals surface area contributed by atoms with Gasteiger partial charge in [0.25, 0.3) is 5.91 Å². The molecule has 2 amide bonds. The minimum Gasteiger partial charge on any atom is -0.444 e. The summed E-state index contributed by atoms with van der Waals surface area (Å²) < 4.78 is 6.02. The number of halogens is 1. The lowest BCUT2D eigenvalue weighted by Gasteiger charge is -2.35. The summed E-state index contributed by atoms with van der Waals surface area (Å²) in [7, 11) is 0. The molecule has 0 spiro atoms. The van der Waals surface area contributed by atoms with Crippen LogP contribution in [0.4, 0.5) is 16.2 Å². The third kappa shape index (κ3) is 6.14. The molecule has 0 radical (unpaired) electrons. The predicted molar refractivity (Wildman–Crippen MR) is 117 cm³/mol. The highest BCUT2D eigenvalue weighted by molar-refractivity contribution is 9.11. The van der Waals surface area contributed by atoms with Crippen LogP contribution >= 0.6 is 27.3 Å². The Balaban J connectivity index is 1.68. The number of aromatic nitrogens is 2. The quantitative estimate of drug-likeness (QED) is 0.683. The highest BCUT2D eigenvalue weighted by Crippen LogP contribution is 2.28. The van der Waals surface area contributed by atoms with Crippen molar-refractivity contribution in [2.75, 3.05) is 23.3 Å². The summed E-state index contributed by atoms with van der Waals surface area (Å²) in [4.78, 5) is 35.0. The van der Waals surface area contributed by atoms with E-state index in [0.29, 0.717) is 21.8 Å². The van der Waals surface area contributed by atoms with Gasteiger partial charge in [0, 0.05) is 30.7 Å². The minimum atomic E-state index is -0.536. The number of alkyl carbamates (subject to hydrolysis) is 1. The van der Waals surface area contributed by atoms with E-state index in [1.165, 1.54) is 11.3 Å². The van der Waals surface area contributed by atoms with Gasteiger partial charge >= 0.3 is 6.09 Å². The first-order chi connectivity index (χ1) is 13.7. The van der Waals surface area contributed by atoms with Crippen molar-refractivity contribution in [3.05, 3.63) is 33.5 Å². The van der Waals surface area contributed by atoms with Crippen LogP contribution in [-0.4, -0.2) is 46.7 Å². The maximum absolute atomic E-state index is 12.5. The third-order valence-corrected chi connectivity index (χ3v) is 5.60. The zero-order valence-corrected chi connectivity index (χ0v) is 19.0. The molecule has 1 aliphatic rings. The molecule has 1 unspecified atom stereocenters. The Kier molecular flexibility index (Phi) is 6.74. The average Bonchev–Trinajstić information content (AvgIpc) is 3.07. The molecule has 1 aliphatic heterocycles. The van der Waals surface area contributed by atoms with E-state index in [9.17, 15) is 9.59 Å². The maximum Gasteiger partial charge on any atom is 0.407 e. The summed E-state index contributed by atoms with van der Waals surface area (Å²) >= 11 is 4.62. The van der Waals surface area contributed by atoms with E-state index in [4.69, 9.17) is 4.74 Å². The molecule has 3 heterocycles. The van der Waals surface area contributed by atoms with Crippen LogP contribution in [0.2, 0.25) is 0 Å². The van der Waals surface area contributed by atoms with Crippen LogP contribution < -0.4 is 15.5 Å². The van der Waals surface area contributed by atoms with Crippen molar-refractivity contribution in [3.63, 3.8) is 0 Å². The molecule has 0 bridgehead atoms. The van der Waals surface area contributed by atoms with E-state index in [2.05, 4.69) is 41.4 Å². The van der Waals surface area contributed by atoms with Gasteiger partial charge in [0.15, 0.2) is 3.92 Å². The van der Waals surface area contributed by atoms with Crippen molar-refractivity contribution >= 4 is 50.6 Å². The van der Waals surface area contributed by atoms with Gasteiger partial charge < -0.3 is 20.3 Å². The molecular formula is C19H24BrN5O3S. The van der Waals surface area contributed by atoms with E-state index in [-0.39, 0.29) is 11.9 Å². The molecule has 2 N–H and O–H groups in total. The summed E-state index contributed by atoms with van der Waals surface area (Å²) in [6.45, 7) is 6.96. The molecule has 2 aromatic heterocycles. The maximum atomic E-state index is 12.5. The Morgan fingerprint density at radius 3 is 2.86 bits per heavy atom. The van der Waals surface area contributed by atoms with Crippen LogP contribution in [-0.2, 0) is 4.74 Å². The predicted octanol–water partition coefficient (Wildman–Crippen LogP) is 4.05. The number of ether oxygens (including phenoxy) is 1. The Morgan fingerprint density at radius 2 is 2.17 bits per heavy atom. The van der Waals surface area contributed by atoms with Gasteiger partial charge in [-0.1, -0.05) is 0 Å². The number of hydrogen-bond acceptors (Lipinski definition) is 7. The normalized spacial score (nSPS) is 17.0. The number of pyridine rings is 1. The summed E-state index contributed by atoms with van der Waals surface area (Å²) in [6.07, 6.45) is 4.68. The van der Waals surface area contributed by atoms with Gasteiger partial charge in [0.2, 0.25) is 0 Å². The van der Waals surface area contributed by atoms with Gasteiger partial charge in [0.05, 0.1) is 17.6 Å². The number of amides is 2. The zero-order chi connectivity index (χ0) is 21.0. The summed E-state index contributed by atoms with van der Waals surface area (Å²) in [5.74, 6) is -0.290. The van der Waals surface area contributed by atoms with Crippen molar-refractivity contribution in [2.45, 2.75) is 45.3 Å². The number of nitrogens with zero attached hydrogens (tertiary/aromatic N) is 3. The van der Waals surface area contributed by atoms with Crippen LogP contribution in [0, 0.1) is 0 Å². The molecule has 0 aromatic carbocycles. The second kappa shape index (κ2) is 9.08. The van der Waals surface area contributed by atoms with Crippen LogP contribution in [0.25, 0.3) is 0 Å². The number of piperidine rings is 1. The van der Waals surface area contributed by atoms with Crippen molar-refractivity contribution < 1.29 is 14.3 Å². The van der Waals surface area contributed by atoms with E-state index in [1.54, 1.807) is 17.8 Å². The molecule has 2 aromatic rings. The standard InChI is InChI=1S/C19H24BrN5O3S/c1-19(2,3)28-18(27)22-12-5-4-8-25(10-12)15-6-7-21-9-13(15)23-16(26)14-11-29-17(20)24-14/h6-7,9,11-12H,4-5,8,10H2,1-3H3,(H,22,27)(H,23,26). The van der Waals surface area contributed by atoms with E-state index in [1.807, 2.05) is 26.8 Å². The van der Waals surface area contributed by atoms with Gasteiger partial charge in [-0.05, 0) is 55.6 Å². The highest BCUT2D eigenvalue weighted by Gasteiger charge is 2.26. The van der Waals surface area contributed by atoms with Gasteiger partial charge in [-0.2, -0.15) is 0 Å². The third-order valence-electron chi connectivity index (χ3n) is 4.24. The Hall–Kier alpha value is -2.20. The number of hydrogen-bond donors (Lipinski definition) is 2. The van der Waals surface area contributed by atoms with Gasteiger partial charge in [0.1, 0.15) is 11.3 Å². The lowest BCUT2D eigenvalue weighted by molar-refractivity contribution is 0.0500. The largest absolute Gasteiger partial charge is 0.444 e. The number of rotatable bonds is 4. The Labute approximate surface area is 182 Å². The first-order valence-corrected chi connectivity index (χ1v) is 11.0. The fourth-order valence-electron chi connectivity index (χ4n) is 3.09. The monoisotopic (exact) mass is 481 g/mol. The van der Waals surface area contributed by atoms with Crippen LogP contribution in [0.15, 0.2) is 27.8 Å². The summed E-state index contributed by atoms with van der Waals surface area (Å²) in [5.41, 5.74) is 1.28. The Bertz CT molecular complexity index is 883. The second-order valence-corrected chi connectivity index (χ2v) is 9.90. The number of carbonyl (C=O) groups excluding carboxylic acids is 2. The second-order valence-electron chi connectivity index (χ2n) is 7.76.